The molecule has 1 aromatic carbocycles. The van der Waals surface area contributed by atoms with Crippen LogP contribution in [0.4, 0.5) is 4.39 Å². The molecule has 2 rings (SSSR count). The Labute approximate surface area is 136 Å². The van der Waals surface area contributed by atoms with Crippen molar-refractivity contribution < 1.29 is 9.18 Å². The van der Waals surface area contributed by atoms with Gasteiger partial charge in [0.25, 0.3) is 5.91 Å². The molecular formula is C16H23ClFN3O. The maximum Gasteiger partial charge on any atom is 0.255 e. The van der Waals surface area contributed by atoms with Crippen molar-refractivity contribution >= 4 is 17.5 Å². The van der Waals surface area contributed by atoms with E-state index in [0.29, 0.717) is 17.1 Å². The molecule has 0 bridgehead atoms. The van der Waals surface area contributed by atoms with Crippen LogP contribution in [0.15, 0.2) is 12.1 Å². The number of aryl methyl sites for hydroxylation is 1. The first-order chi connectivity index (χ1) is 10.5. The molecule has 1 amide bonds. The van der Waals surface area contributed by atoms with Crippen LogP contribution >= 0.6 is 11.6 Å². The molecule has 0 saturated carbocycles. The van der Waals surface area contributed by atoms with E-state index in [9.17, 15) is 9.18 Å². The number of rotatable bonds is 5. The fourth-order valence-electron chi connectivity index (χ4n) is 2.58. The summed E-state index contributed by atoms with van der Waals surface area (Å²) in [6, 6.07) is 2.73. The van der Waals surface area contributed by atoms with Crippen molar-refractivity contribution in [3.05, 3.63) is 34.1 Å². The van der Waals surface area contributed by atoms with Gasteiger partial charge in [0.15, 0.2) is 0 Å². The summed E-state index contributed by atoms with van der Waals surface area (Å²) in [6.45, 7) is 7.37. The van der Waals surface area contributed by atoms with Crippen molar-refractivity contribution in [1.29, 1.82) is 0 Å². The van der Waals surface area contributed by atoms with Crippen molar-refractivity contribution in [3.63, 3.8) is 0 Å². The van der Waals surface area contributed by atoms with Crippen LogP contribution in [0.2, 0.25) is 5.02 Å². The molecule has 122 valence electrons. The van der Waals surface area contributed by atoms with Crippen LogP contribution in [0, 0.1) is 12.7 Å². The van der Waals surface area contributed by atoms with Gasteiger partial charge in [-0.05, 0) is 37.6 Å². The third kappa shape index (κ3) is 4.41. The molecule has 0 atom stereocenters. The summed E-state index contributed by atoms with van der Waals surface area (Å²) in [4.78, 5) is 16.4. The third-order valence-corrected chi connectivity index (χ3v) is 4.32. The van der Waals surface area contributed by atoms with Gasteiger partial charge in [-0.2, -0.15) is 0 Å². The van der Waals surface area contributed by atoms with E-state index >= 15 is 0 Å². The van der Waals surface area contributed by atoms with E-state index in [4.69, 9.17) is 11.6 Å². The number of amides is 1. The van der Waals surface area contributed by atoms with Crippen molar-refractivity contribution in [2.24, 2.45) is 0 Å². The molecule has 1 heterocycles. The smallest absolute Gasteiger partial charge is 0.255 e. The Bertz CT molecular complexity index is 532. The highest BCUT2D eigenvalue weighted by atomic mass is 35.5. The summed E-state index contributed by atoms with van der Waals surface area (Å²) in [6.07, 6.45) is 0.897. The number of nitrogens with one attached hydrogen (secondary N) is 1. The minimum Gasteiger partial charge on any atom is -0.342 e. The average molecular weight is 328 g/mol. The predicted molar refractivity (Wildman–Crippen MR) is 87.0 cm³/mol. The van der Waals surface area contributed by atoms with Crippen LogP contribution in [0.5, 0.6) is 0 Å². The second-order valence-corrected chi connectivity index (χ2v) is 6.16. The highest BCUT2D eigenvalue weighted by Gasteiger charge is 2.17. The molecule has 0 spiro atoms. The van der Waals surface area contributed by atoms with Crippen molar-refractivity contribution in [3.8, 4) is 0 Å². The number of nitrogens with zero attached hydrogens (tertiary/aromatic N) is 2. The van der Waals surface area contributed by atoms with Crippen LogP contribution in [0.1, 0.15) is 22.3 Å². The molecule has 0 unspecified atom stereocenters. The highest BCUT2D eigenvalue weighted by Crippen LogP contribution is 2.21. The minimum atomic E-state index is -0.401. The fourth-order valence-corrected chi connectivity index (χ4v) is 2.88. The number of carbonyl (C=O) groups excluding carboxylic acids is 1. The maximum absolute atomic E-state index is 13.6. The largest absolute Gasteiger partial charge is 0.342 e. The number of piperazine rings is 1. The Morgan fingerprint density at radius 2 is 2.09 bits per heavy atom. The molecule has 6 heteroatoms. The lowest BCUT2D eigenvalue weighted by Gasteiger charge is -2.28. The van der Waals surface area contributed by atoms with Gasteiger partial charge in [0.05, 0.1) is 10.6 Å². The molecule has 0 aliphatic carbocycles. The molecule has 1 aromatic rings. The van der Waals surface area contributed by atoms with Gasteiger partial charge in [-0.3, -0.25) is 4.79 Å². The summed E-state index contributed by atoms with van der Waals surface area (Å²) in [5.74, 6) is -0.633. The zero-order valence-electron chi connectivity index (χ0n) is 13.2. The summed E-state index contributed by atoms with van der Waals surface area (Å²) in [7, 11) is 1.73. The summed E-state index contributed by atoms with van der Waals surface area (Å²) in [5, 5.41) is 3.62. The van der Waals surface area contributed by atoms with E-state index < -0.39 is 5.82 Å². The topological polar surface area (TPSA) is 35.6 Å². The van der Waals surface area contributed by atoms with E-state index in [1.54, 1.807) is 18.9 Å². The Kier molecular flexibility index (Phi) is 6.17. The first kappa shape index (κ1) is 17.2. The van der Waals surface area contributed by atoms with Gasteiger partial charge >= 0.3 is 0 Å². The molecular weight excluding hydrogens is 305 g/mol. The van der Waals surface area contributed by atoms with Crippen LogP contribution < -0.4 is 5.32 Å². The number of carbonyl (C=O) groups is 1. The molecule has 1 N–H and O–H groups in total. The fraction of sp³-hybridized carbons (Fsp3) is 0.562. The van der Waals surface area contributed by atoms with Crippen LogP contribution in [0.3, 0.4) is 0 Å². The molecule has 0 radical (unpaired) electrons. The zero-order chi connectivity index (χ0) is 16.1. The average Bonchev–Trinajstić information content (AvgIpc) is 2.51. The lowest BCUT2D eigenvalue weighted by molar-refractivity contribution is 0.0787. The van der Waals surface area contributed by atoms with E-state index in [1.807, 2.05) is 0 Å². The molecule has 1 aliphatic heterocycles. The zero-order valence-corrected chi connectivity index (χ0v) is 13.9. The Morgan fingerprint density at radius 3 is 2.77 bits per heavy atom. The number of benzene rings is 1. The SMILES string of the molecule is Cc1cc(Cl)c(C(=O)N(C)CCCN2CCNCC2)cc1F. The van der Waals surface area contributed by atoms with Gasteiger partial charge in [-0.25, -0.2) is 4.39 Å². The van der Waals surface area contributed by atoms with E-state index in [0.717, 1.165) is 39.1 Å². The molecule has 1 fully saturated rings. The quantitative estimate of drug-likeness (QED) is 0.900. The lowest BCUT2D eigenvalue weighted by atomic mass is 10.1. The van der Waals surface area contributed by atoms with Crippen molar-refractivity contribution in [1.82, 2.24) is 15.1 Å². The van der Waals surface area contributed by atoms with Crippen LogP contribution in [-0.4, -0.2) is 62.0 Å². The van der Waals surface area contributed by atoms with E-state index in [1.165, 1.54) is 12.1 Å². The molecule has 1 aliphatic rings. The van der Waals surface area contributed by atoms with Gasteiger partial charge in [0.2, 0.25) is 0 Å². The van der Waals surface area contributed by atoms with Crippen molar-refractivity contribution in [2.45, 2.75) is 13.3 Å². The van der Waals surface area contributed by atoms with Gasteiger partial charge in [0, 0.05) is 39.8 Å². The molecule has 1 saturated heterocycles. The summed E-state index contributed by atoms with van der Waals surface area (Å²) >= 11 is 6.07. The Morgan fingerprint density at radius 1 is 1.41 bits per heavy atom. The maximum atomic E-state index is 13.6. The van der Waals surface area contributed by atoms with Crippen molar-refractivity contribution in [2.75, 3.05) is 46.3 Å². The minimum absolute atomic E-state index is 0.231. The molecule has 0 aromatic heterocycles. The second kappa shape index (κ2) is 7.90. The number of hydrogen-bond acceptors (Lipinski definition) is 3. The predicted octanol–water partition coefficient (Wildman–Crippen LogP) is 2.15. The lowest BCUT2D eigenvalue weighted by Crippen LogP contribution is -2.44. The normalized spacial score (nSPS) is 15.8. The third-order valence-electron chi connectivity index (χ3n) is 4.00. The monoisotopic (exact) mass is 327 g/mol. The number of hydrogen-bond donors (Lipinski definition) is 1. The van der Waals surface area contributed by atoms with Crippen LogP contribution in [0.25, 0.3) is 0 Å². The Hall–Kier alpha value is -1.17. The highest BCUT2D eigenvalue weighted by molar-refractivity contribution is 6.33. The summed E-state index contributed by atoms with van der Waals surface area (Å²) < 4.78 is 13.6. The first-order valence-electron chi connectivity index (χ1n) is 7.63. The van der Waals surface area contributed by atoms with E-state index in [2.05, 4.69) is 10.2 Å². The second-order valence-electron chi connectivity index (χ2n) is 5.75. The Balaban J connectivity index is 1.87. The first-order valence-corrected chi connectivity index (χ1v) is 8.01. The van der Waals surface area contributed by atoms with E-state index in [-0.39, 0.29) is 11.5 Å². The van der Waals surface area contributed by atoms with Gasteiger partial charge in [-0.15, -0.1) is 0 Å². The molecule has 22 heavy (non-hydrogen) atoms. The summed E-state index contributed by atoms with van der Waals surface area (Å²) in [5.41, 5.74) is 0.678. The van der Waals surface area contributed by atoms with Gasteiger partial charge < -0.3 is 15.1 Å². The number of halogens is 2. The van der Waals surface area contributed by atoms with Gasteiger partial charge in [-0.1, -0.05) is 11.6 Å². The van der Waals surface area contributed by atoms with Crippen LogP contribution in [-0.2, 0) is 0 Å². The van der Waals surface area contributed by atoms with Gasteiger partial charge in [0.1, 0.15) is 5.82 Å². The standard InChI is InChI=1S/C16H23ClFN3O/c1-12-10-14(17)13(11-15(12)18)16(22)20(2)6-3-7-21-8-4-19-5-9-21/h10-11,19H,3-9H2,1-2H3. The molecule has 4 nitrogen and oxygen atoms in total.